The highest BCUT2D eigenvalue weighted by molar-refractivity contribution is 7.13. The number of thiazole rings is 1. The normalized spacial score (nSPS) is 21.4. The van der Waals surface area contributed by atoms with Crippen LogP contribution in [-0.2, 0) is 14.3 Å². The number of nitrogens with zero attached hydrogens (tertiary/aromatic N) is 9. The van der Waals surface area contributed by atoms with Gasteiger partial charge in [-0.3, -0.25) is 19.5 Å². The average molecular weight is 1120 g/mol. The van der Waals surface area contributed by atoms with Crippen LogP contribution >= 0.6 is 11.3 Å². The monoisotopic (exact) mass is 1120 g/mol. The van der Waals surface area contributed by atoms with E-state index in [9.17, 15) is 19.8 Å². The number of phenols is 1. The van der Waals surface area contributed by atoms with E-state index in [1.807, 2.05) is 63.5 Å². The number of aryl methyl sites for hydroxylation is 1. The fourth-order valence-electron chi connectivity index (χ4n) is 12.4. The Morgan fingerprint density at radius 3 is 2.43 bits per heavy atom. The highest BCUT2D eigenvalue weighted by atomic mass is 32.1. The van der Waals surface area contributed by atoms with Gasteiger partial charge in [-0.25, -0.2) is 13.8 Å². The number of pyridine rings is 1. The number of piperidine rings is 1. The fraction of sp³-hybridized carbons (Fsp3) is 0.450. The lowest BCUT2D eigenvalue weighted by atomic mass is 9.91. The van der Waals surface area contributed by atoms with Gasteiger partial charge in [-0.05, 0) is 80.2 Å². The number of carbonyl (C=O) groups is 2. The molecule has 12 rings (SSSR count). The molecule has 21 heteroatoms. The number of fused-ring (bicyclic) bond motifs is 4. The summed E-state index contributed by atoms with van der Waals surface area (Å²) in [7, 11) is 0. The number of aliphatic hydroxyl groups excluding tert-OH is 1. The molecule has 5 fully saturated rings. The second-order valence-corrected chi connectivity index (χ2v) is 23.4. The minimum atomic E-state index is -0.843. The largest absolute Gasteiger partial charge is 0.508 e. The number of benzene rings is 3. The Hall–Kier alpha value is -7.35. The van der Waals surface area contributed by atoms with Gasteiger partial charge in [0.25, 0.3) is 0 Å². The van der Waals surface area contributed by atoms with Crippen molar-refractivity contribution in [2.45, 2.75) is 108 Å². The number of aromatic hydroxyl groups is 1. The standard InChI is InChI=1S/C60H65F2N11O7S/c1-6-44-47(61)14-11-37-21-40(74)22-45(52(37)44)54-53(62)55-46(25-63-54)57(72-26-38-12-13-39(27-72)66-38)68-60(67-55)78-20-19-70-17-15-42(16-18-70)79-43-29-71(30-43)50-24-49(80-69-50)51(32(2)3)59(77)73-28-41(75)23-48(73)58(76)65-33(4)35-7-9-36(10-8-35)56-34(5)64-31-81-56/h1,7-11,14,21-22,24-25,31-33,38-39,41-43,48,51,66,74-75H,12-13,15-20,23,26-30H2,2-5H3,(H,65,76)/t33-,38?,39?,41+,48-,51+/m0/s1. The number of halogens is 2. The van der Waals surface area contributed by atoms with Gasteiger partial charge in [0.05, 0.1) is 51.4 Å². The number of terminal acetylenes is 1. The van der Waals surface area contributed by atoms with Gasteiger partial charge in [-0.1, -0.05) is 55.3 Å². The van der Waals surface area contributed by atoms with Crippen molar-refractivity contribution in [3.8, 4) is 45.8 Å². The maximum absolute atomic E-state index is 17.1. The van der Waals surface area contributed by atoms with Gasteiger partial charge in [-0.15, -0.1) is 17.8 Å². The molecule has 5 saturated heterocycles. The number of hydrogen-bond donors (Lipinski definition) is 4. The molecule has 6 atom stereocenters. The Bertz CT molecular complexity index is 3530. The maximum Gasteiger partial charge on any atom is 0.319 e. The van der Waals surface area contributed by atoms with Crippen molar-refractivity contribution in [2.24, 2.45) is 5.92 Å². The third-order valence-corrected chi connectivity index (χ3v) is 17.7. The molecule has 5 aliphatic heterocycles. The molecule has 4 N–H and O–H groups in total. The number of anilines is 2. The first-order valence-corrected chi connectivity index (χ1v) is 28.8. The lowest BCUT2D eigenvalue weighted by Gasteiger charge is -2.42. The van der Waals surface area contributed by atoms with Crippen LogP contribution in [0.2, 0.25) is 0 Å². The Morgan fingerprint density at radius 2 is 1.72 bits per heavy atom. The molecule has 18 nitrogen and oxygen atoms in total. The van der Waals surface area contributed by atoms with Crippen molar-refractivity contribution in [1.82, 2.24) is 45.5 Å². The average Bonchev–Trinajstić information content (AvgIpc) is 4.36. The van der Waals surface area contributed by atoms with Crippen molar-refractivity contribution in [3.63, 3.8) is 0 Å². The Kier molecular flexibility index (Phi) is 15.1. The van der Waals surface area contributed by atoms with E-state index < -0.39 is 29.7 Å². The molecule has 2 unspecified atom stereocenters. The molecule has 0 spiro atoms. The van der Waals surface area contributed by atoms with Crippen LogP contribution < -0.4 is 25.2 Å². The minimum absolute atomic E-state index is 0.00480. The molecule has 2 amide bonds. The molecule has 9 heterocycles. The van der Waals surface area contributed by atoms with E-state index in [2.05, 4.69) is 51.4 Å². The third-order valence-electron chi connectivity index (χ3n) is 16.7. The molecular formula is C60H65F2N11O7S. The predicted molar refractivity (Wildman–Crippen MR) is 303 cm³/mol. The third kappa shape index (κ3) is 10.9. The van der Waals surface area contributed by atoms with E-state index in [-0.39, 0.29) is 107 Å². The quantitative estimate of drug-likeness (QED) is 0.0691. The predicted octanol–water partition coefficient (Wildman–Crippen LogP) is 7.50. The first-order chi connectivity index (χ1) is 39.2. The highest BCUT2D eigenvalue weighted by Crippen LogP contribution is 2.40. The molecule has 0 aliphatic carbocycles. The second-order valence-electron chi connectivity index (χ2n) is 22.6. The zero-order valence-electron chi connectivity index (χ0n) is 45.6. The number of hydrogen-bond acceptors (Lipinski definition) is 17. The molecule has 81 heavy (non-hydrogen) atoms. The van der Waals surface area contributed by atoms with E-state index >= 15 is 8.78 Å². The topological polar surface area (TPSA) is 208 Å². The lowest BCUT2D eigenvalue weighted by molar-refractivity contribution is -0.141. The molecule has 2 bridgehead atoms. The van der Waals surface area contributed by atoms with Crippen LogP contribution in [0.5, 0.6) is 11.8 Å². The number of nitrogens with one attached hydrogen (secondary N) is 2. The number of aromatic nitrogens is 5. The van der Waals surface area contributed by atoms with Gasteiger partial charge < -0.3 is 49.5 Å². The first kappa shape index (κ1) is 54.2. The van der Waals surface area contributed by atoms with Crippen molar-refractivity contribution < 1.29 is 42.6 Å². The molecule has 4 aromatic heterocycles. The van der Waals surface area contributed by atoms with E-state index in [4.69, 9.17) is 25.4 Å². The molecular weight excluding hydrogens is 1060 g/mol. The SMILES string of the molecule is C#Cc1c(F)ccc2cc(O)cc(-c3ncc4c(N5CC6CCC(C5)N6)nc(OCCN5CCC(OC6CN(c7cc([C@H](C(=O)N8C[C@H](O)C[C@H]8C(=O)N[C@@H](C)c8ccc(-c9scnc9C)cc8)C(C)C)on7)C6)CC5)nc4c3F)c12. The molecule has 0 radical (unpaired) electrons. The number of piperazine rings is 1. The van der Waals surface area contributed by atoms with Crippen LogP contribution in [-0.4, -0.2) is 152 Å². The number of ether oxygens (including phenoxy) is 2. The number of likely N-dealkylation sites (tertiary alicyclic amines) is 2. The maximum atomic E-state index is 17.1. The molecule has 7 aromatic rings. The van der Waals surface area contributed by atoms with Crippen LogP contribution in [0.4, 0.5) is 20.4 Å². The molecule has 422 valence electrons. The summed E-state index contributed by atoms with van der Waals surface area (Å²) in [6, 6.07) is 14.7. The van der Waals surface area contributed by atoms with Gasteiger partial charge in [0.1, 0.15) is 47.2 Å². The molecule has 0 saturated carbocycles. The zero-order chi connectivity index (χ0) is 56.2. The number of phenolic OH excluding ortho intramolecular Hbond substituents is 1. The van der Waals surface area contributed by atoms with E-state index in [1.54, 1.807) is 11.3 Å². The second kappa shape index (κ2) is 22.5. The first-order valence-electron chi connectivity index (χ1n) is 28.0. The Morgan fingerprint density at radius 1 is 0.951 bits per heavy atom. The van der Waals surface area contributed by atoms with Gasteiger partial charge in [0, 0.05) is 94.1 Å². The summed E-state index contributed by atoms with van der Waals surface area (Å²) in [5.41, 5.74) is 4.72. The van der Waals surface area contributed by atoms with Crippen LogP contribution in [0.3, 0.4) is 0 Å². The van der Waals surface area contributed by atoms with Crippen LogP contribution in [0.25, 0.3) is 43.4 Å². The van der Waals surface area contributed by atoms with Gasteiger partial charge in [-0.2, -0.15) is 9.97 Å². The number of carbonyl (C=O) groups excluding carboxylic acids is 2. The zero-order valence-corrected chi connectivity index (χ0v) is 46.5. The number of rotatable bonds is 16. The summed E-state index contributed by atoms with van der Waals surface area (Å²) >= 11 is 1.58. The van der Waals surface area contributed by atoms with Gasteiger partial charge >= 0.3 is 6.01 Å². The van der Waals surface area contributed by atoms with Gasteiger partial charge in [0.15, 0.2) is 17.4 Å². The minimum Gasteiger partial charge on any atom is -0.508 e. The van der Waals surface area contributed by atoms with E-state index in [0.717, 1.165) is 60.5 Å². The van der Waals surface area contributed by atoms with Crippen LogP contribution in [0.1, 0.15) is 87.4 Å². The van der Waals surface area contributed by atoms with Gasteiger partial charge in [0.2, 0.25) is 11.8 Å². The summed E-state index contributed by atoms with van der Waals surface area (Å²) in [5.74, 6) is 0.864. The van der Waals surface area contributed by atoms with Crippen molar-refractivity contribution in [2.75, 3.05) is 68.8 Å². The smallest absolute Gasteiger partial charge is 0.319 e. The summed E-state index contributed by atoms with van der Waals surface area (Å²) in [4.78, 5) is 55.7. The number of amides is 2. The summed E-state index contributed by atoms with van der Waals surface area (Å²) < 4.78 is 50.8. The lowest BCUT2D eigenvalue weighted by Crippen LogP contribution is -2.54. The highest BCUT2D eigenvalue weighted by Gasteiger charge is 2.44. The van der Waals surface area contributed by atoms with E-state index in [1.165, 1.54) is 35.4 Å². The van der Waals surface area contributed by atoms with Crippen molar-refractivity contribution in [3.05, 3.63) is 101 Å². The number of aliphatic hydroxyl groups is 1. The summed E-state index contributed by atoms with van der Waals surface area (Å²) in [6.07, 6.45) is 10.4. The van der Waals surface area contributed by atoms with Crippen LogP contribution in [0.15, 0.2) is 70.8 Å². The van der Waals surface area contributed by atoms with E-state index in [0.29, 0.717) is 60.9 Å². The Labute approximate surface area is 471 Å². The molecule has 3 aromatic carbocycles. The fourth-order valence-corrected chi connectivity index (χ4v) is 13.3. The number of β-amino-alcohol motifs (C(OH)–C–C–N with tert-alkyl or cyclic N) is 1. The van der Waals surface area contributed by atoms with Crippen LogP contribution in [0, 0.1) is 36.8 Å². The molecule has 5 aliphatic rings. The van der Waals surface area contributed by atoms with Crippen molar-refractivity contribution >= 4 is 56.5 Å². The summed E-state index contributed by atoms with van der Waals surface area (Å²) in [5, 5.41) is 33.7. The van der Waals surface area contributed by atoms with Crippen molar-refractivity contribution in [1.29, 1.82) is 0 Å². The summed E-state index contributed by atoms with van der Waals surface area (Å²) in [6.45, 7) is 12.8. The Balaban J connectivity index is 0.644.